The molecule has 8 nitrogen and oxygen atoms in total. The fraction of sp³-hybridized carbons (Fsp3) is 0.545. The van der Waals surface area contributed by atoms with Gasteiger partial charge in [-0.25, -0.2) is 9.20 Å². The Balaban J connectivity index is 1.61. The van der Waals surface area contributed by atoms with Crippen molar-refractivity contribution in [3.63, 3.8) is 0 Å². The smallest absolute Gasteiger partial charge is 0.338 e. The molecule has 0 unspecified atom stereocenters. The number of aromatic nitrogens is 5. The molecule has 33 heavy (non-hydrogen) atoms. The minimum absolute atomic E-state index is 0.169. The first kappa shape index (κ1) is 23.1. The van der Waals surface area contributed by atoms with Gasteiger partial charge in [-0.15, -0.1) is 5.10 Å². The van der Waals surface area contributed by atoms with Gasteiger partial charge in [-0.1, -0.05) is 26.7 Å². The molecule has 0 bridgehead atoms. The van der Waals surface area contributed by atoms with Crippen LogP contribution in [0, 0.1) is 24.7 Å². The van der Waals surface area contributed by atoms with Gasteiger partial charge in [-0.3, -0.25) is 14.6 Å². The first-order valence-electron chi connectivity index (χ1n) is 11.1. The number of hydrogen-bond donors (Lipinski definition) is 1. The molecule has 1 aliphatic heterocycles. The molecular formula is C22H27F3N6O2. The van der Waals surface area contributed by atoms with E-state index in [0.29, 0.717) is 29.6 Å². The lowest BCUT2D eigenvalue weighted by Gasteiger charge is -2.44. The third kappa shape index (κ3) is 4.40. The largest absolute Gasteiger partial charge is 0.389 e. The summed E-state index contributed by atoms with van der Waals surface area (Å²) >= 11 is 0. The van der Waals surface area contributed by atoms with E-state index in [0.717, 1.165) is 0 Å². The van der Waals surface area contributed by atoms with Crippen molar-refractivity contribution in [3.8, 4) is 5.95 Å². The molecule has 1 amide bonds. The van der Waals surface area contributed by atoms with E-state index in [-0.39, 0.29) is 42.3 Å². The Kier molecular flexibility index (Phi) is 6.06. The number of alkyl halides is 3. The average Bonchev–Trinajstić information content (AvgIpc) is 3.39. The Morgan fingerprint density at radius 1 is 1.21 bits per heavy atom. The molecule has 1 saturated heterocycles. The van der Waals surface area contributed by atoms with Gasteiger partial charge < -0.3 is 4.90 Å². The second kappa shape index (κ2) is 8.68. The summed E-state index contributed by atoms with van der Waals surface area (Å²) in [7, 11) is 0. The quantitative estimate of drug-likeness (QED) is 0.625. The van der Waals surface area contributed by atoms with E-state index < -0.39 is 18.5 Å². The molecule has 0 aromatic carbocycles. The maximum atomic E-state index is 13.4. The Hall–Kier alpha value is -3.11. The highest BCUT2D eigenvalue weighted by molar-refractivity contribution is 5.95. The zero-order valence-corrected chi connectivity index (χ0v) is 18.8. The zero-order chi connectivity index (χ0) is 23.9. The Morgan fingerprint density at radius 2 is 1.88 bits per heavy atom. The van der Waals surface area contributed by atoms with Crippen molar-refractivity contribution in [3.05, 3.63) is 46.1 Å². The van der Waals surface area contributed by atoms with E-state index in [1.807, 2.05) is 13.8 Å². The number of hydrogen-bond acceptors (Lipinski definition) is 4. The molecule has 1 N–H and O–H groups in total. The maximum Gasteiger partial charge on any atom is 0.389 e. The van der Waals surface area contributed by atoms with E-state index in [9.17, 15) is 22.8 Å². The maximum absolute atomic E-state index is 13.4. The van der Waals surface area contributed by atoms with Crippen LogP contribution in [0.4, 0.5) is 13.2 Å². The van der Waals surface area contributed by atoms with Crippen LogP contribution >= 0.6 is 0 Å². The summed E-state index contributed by atoms with van der Waals surface area (Å²) in [6.45, 7) is 6.00. The molecule has 0 radical (unpaired) electrons. The molecule has 0 spiro atoms. The molecular weight excluding hydrogens is 437 g/mol. The van der Waals surface area contributed by atoms with Gasteiger partial charge in [0.2, 0.25) is 5.95 Å². The molecule has 0 aliphatic carbocycles. The minimum atomic E-state index is -4.22. The molecule has 3 aromatic rings. The van der Waals surface area contributed by atoms with Crippen LogP contribution in [0.1, 0.15) is 49.2 Å². The number of likely N-dealkylation sites (tertiary alicyclic amines) is 1. The highest BCUT2D eigenvalue weighted by Crippen LogP contribution is 2.40. The van der Waals surface area contributed by atoms with Crippen LogP contribution in [0.5, 0.6) is 0 Å². The number of piperidine rings is 1. The van der Waals surface area contributed by atoms with Crippen LogP contribution in [-0.2, 0) is 0 Å². The van der Waals surface area contributed by atoms with Crippen LogP contribution in [-0.4, -0.2) is 54.5 Å². The van der Waals surface area contributed by atoms with Crippen molar-refractivity contribution in [2.24, 2.45) is 17.8 Å². The summed E-state index contributed by atoms with van der Waals surface area (Å²) < 4.78 is 42.4. The van der Waals surface area contributed by atoms with Gasteiger partial charge in [0, 0.05) is 25.7 Å². The number of rotatable bonds is 5. The van der Waals surface area contributed by atoms with Crippen molar-refractivity contribution in [2.75, 3.05) is 13.1 Å². The number of halogens is 3. The van der Waals surface area contributed by atoms with Crippen LogP contribution in [0.2, 0.25) is 0 Å². The third-order valence-electron chi connectivity index (χ3n) is 6.75. The van der Waals surface area contributed by atoms with Crippen LogP contribution in [0.25, 0.3) is 11.5 Å². The molecule has 0 saturated carbocycles. The summed E-state index contributed by atoms with van der Waals surface area (Å²) in [5.41, 5.74) is 0.881. The summed E-state index contributed by atoms with van der Waals surface area (Å²) in [6, 6.07) is 3.33. The number of carbonyl (C=O) groups excluding carboxylic acids is 1. The van der Waals surface area contributed by atoms with Crippen molar-refractivity contribution in [1.29, 1.82) is 0 Å². The number of aromatic amines is 1. The number of H-pyrrole nitrogens is 1. The predicted molar refractivity (Wildman–Crippen MR) is 115 cm³/mol. The van der Waals surface area contributed by atoms with Crippen molar-refractivity contribution in [1.82, 2.24) is 29.3 Å². The Labute approximate surface area is 188 Å². The molecule has 4 rings (SSSR count). The molecule has 11 heteroatoms. The van der Waals surface area contributed by atoms with E-state index in [1.54, 1.807) is 30.2 Å². The van der Waals surface area contributed by atoms with Crippen LogP contribution in [0.3, 0.4) is 0 Å². The second-order valence-corrected chi connectivity index (χ2v) is 8.70. The lowest BCUT2D eigenvalue weighted by atomic mass is 9.73. The highest BCUT2D eigenvalue weighted by atomic mass is 19.4. The fourth-order valence-electron chi connectivity index (χ4n) is 4.96. The number of carbonyl (C=O) groups is 1. The zero-order valence-electron chi connectivity index (χ0n) is 18.8. The average molecular weight is 464 g/mol. The standard InChI is InChI=1S/C22H27F3N6O2/c1-4-14-11-29(12-15(5-2)16(14)9-22(23,24)25)20(33)17-10-26-31(13(17)3)21-27-19(32)18-7-6-8-30(18)28-21/h6-8,10,14-16H,4-5,9,11-12H2,1-3H3,(H,27,28,32)/t14-,15+,16+. The SMILES string of the molecule is CC[C@@H]1CN(C(=O)c2cnn(-c3nn4cccc4c(=O)[nH]3)c2C)C[C@H](CC)[C@H]1CC(F)(F)F. The van der Waals surface area contributed by atoms with E-state index >= 15 is 0 Å². The molecule has 1 aliphatic rings. The van der Waals surface area contributed by atoms with E-state index in [2.05, 4.69) is 15.2 Å². The summed E-state index contributed by atoms with van der Waals surface area (Å²) in [4.78, 5) is 30.0. The number of nitrogens with one attached hydrogen (secondary N) is 1. The summed E-state index contributed by atoms with van der Waals surface area (Å²) in [5.74, 6) is -1.04. The van der Waals surface area contributed by atoms with Crippen LogP contribution < -0.4 is 5.56 Å². The van der Waals surface area contributed by atoms with Crippen molar-refractivity contribution in [2.45, 2.75) is 46.2 Å². The lowest BCUT2D eigenvalue weighted by molar-refractivity contribution is -0.158. The number of nitrogens with zero attached hydrogens (tertiary/aromatic N) is 5. The third-order valence-corrected chi connectivity index (χ3v) is 6.75. The Morgan fingerprint density at radius 3 is 2.48 bits per heavy atom. The monoisotopic (exact) mass is 464 g/mol. The van der Waals surface area contributed by atoms with Crippen LogP contribution in [0.15, 0.2) is 29.3 Å². The lowest BCUT2D eigenvalue weighted by Crippen LogP contribution is -2.49. The summed E-state index contributed by atoms with van der Waals surface area (Å²) in [5, 5.41) is 8.59. The molecule has 178 valence electrons. The molecule has 3 aromatic heterocycles. The number of amides is 1. The van der Waals surface area contributed by atoms with Gasteiger partial charge >= 0.3 is 6.18 Å². The molecule has 3 atom stereocenters. The number of fused-ring (bicyclic) bond motifs is 1. The first-order valence-corrected chi connectivity index (χ1v) is 11.1. The van der Waals surface area contributed by atoms with Gasteiger partial charge in [0.05, 0.1) is 17.5 Å². The van der Waals surface area contributed by atoms with E-state index in [1.165, 1.54) is 15.4 Å². The first-order chi connectivity index (χ1) is 15.6. The highest BCUT2D eigenvalue weighted by Gasteiger charge is 2.43. The van der Waals surface area contributed by atoms with Gasteiger partial charge in [-0.05, 0) is 36.8 Å². The fourth-order valence-corrected chi connectivity index (χ4v) is 4.96. The molecule has 1 fully saturated rings. The van der Waals surface area contributed by atoms with Crippen molar-refractivity contribution < 1.29 is 18.0 Å². The van der Waals surface area contributed by atoms with Crippen molar-refractivity contribution >= 4 is 11.4 Å². The second-order valence-electron chi connectivity index (χ2n) is 8.70. The van der Waals surface area contributed by atoms with E-state index in [4.69, 9.17) is 0 Å². The van der Waals surface area contributed by atoms with Gasteiger partial charge in [0.25, 0.3) is 11.5 Å². The predicted octanol–water partition coefficient (Wildman–Crippen LogP) is 3.59. The Bertz CT molecular complexity index is 1200. The topological polar surface area (TPSA) is 88.3 Å². The van der Waals surface area contributed by atoms with Gasteiger partial charge in [0.15, 0.2) is 0 Å². The minimum Gasteiger partial charge on any atom is -0.338 e. The molecule has 4 heterocycles. The van der Waals surface area contributed by atoms with Gasteiger partial charge in [0.1, 0.15) is 5.52 Å². The normalized spacial score (nSPS) is 21.6. The summed E-state index contributed by atoms with van der Waals surface area (Å²) in [6.07, 6.45) is -0.840. The van der Waals surface area contributed by atoms with Gasteiger partial charge in [-0.2, -0.15) is 18.3 Å².